The molecule has 1 aromatic carbocycles. The number of nitrogens with zero attached hydrogens (tertiary/aromatic N) is 5. The molecule has 2 aliphatic rings. The van der Waals surface area contributed by atoms with Crippen LogP contribution in [0.15, 0.2) is 61.1 Å². The monoisotopic (exact) mass is 501 g/mol. The van der Waals surface area contributed by atoms with E-state index in [0.29, 0.717) is 50.6 Å². The second-order valence-electron chi connectivity index (χ2n) is 9.99. The second kappa shape index (κ2) is 12.0. The first-order valence-corrected chi connectivity index (χ1v) is 13.4. The number of carbonyl (C=O) groups is 2. The number of pyridine rings is 1. The average molecular weight is 502 g/mol. The van der Waals surface area contributed by atoms with Gasteiger partial charge < -0.3 is 14.5 Å². The molecule has 2 fully saturated rings. The van der Waals surface area contributed by atoms with E-state index in [9.17, 15) is 9.59 Å². The number of amides is 2. The van der Waals surface area contributed by atoms with Crippen molar-refractivity contribution in [2.75, 3.05) is 32.8 Å². The highest BCUT2D eigenvalue weighted by Crippen LogP contribution is 2.26. The van der Waals surface area contributed by atoms with Crippen molar-refractivity contribution >= 4 is 11.8 Å². The fourth-order valence-corrected chi connectivity index (χ4v) is 5.23. The Balaban J connectivity index is 1.08. The van der Waals surface area contributed by atoms with Crippen LogP contribution in [-0.4, -0.2) is 69.2 Å². The lowest BCUT2D eigenvalue weighted by Crippen LogP contribution is -2.51. The van der Waals surface area contributed by atoms with Gasteiger partial charge >= 0.3 is 0 Å². The first kappa shape index (κ1) is 25.0. The van der Waals surface area contributed by atoms with E-state index in [1.807, 2.05) is 58.5 Å². The average Bonchev–Trinajstić information content (AvgIpc) is 3.49. The minimum Gasteiger partial charge on any atom is -0.494 e. The molecule has 1 saturated heterocycles. The SMILES string of the molecule is O=C(Cc1ccc(-n2cccn2)nc1)N1CCN(C(=O)c2cccc(OCCC3CCCCC3)c2)CC1. The molecule has 8 heteroatoms. The summed E-state index contributed by atoms with van der Waals surface area (Å²) in [5, 5.41) is 4.17. The molecule has 0 spiro atoms. The van der Waals surface area contributed by atoms with E-state index in [1.165, 1.54) is 32.1 Å². The molecule has 0 atom stereocenters. The van der Waals surface area contributed by atoms with E-state index in [2.05, 4.69) is 10.1 Å². The number of piperazine rings is 1. The quantitative estimate of drug-likeness (QED) is 0.463. The predicted molar refractivity (Wildman–Crippen MR) is 141 cm³/mol. The number of aromatic nitrogens is 3. The first-order chi connectivity index (χ1) is 18.2. The smallest absolute Gasteiger partial charge is 0.254 e. The molecule has 2 amide bonds. The van der Waals surface area contributed by atoms with E-state index in [1.54, 1.807) is 17.1 Å². The molecule has 1 saturated carbocycles. The maximum absolute atomic E-state index is 13.1. The van der Waals surface area contributed by atoms with Crippen molar-refractivity contribution < 1.29 is 14.3 Å². The molecule has 0 N–H and O–H groups in total. The Bertz CT molecular complexity index is 1160. The number of hydrogen-bond acceptors (Lipinski definition) is 5. The van der Waals surface area contributed by atoms with Gasteiger partial charge in [0.1, 0.15) is 5.75 Å². The van der Waals surface area contributed by atoms with E-state index in [4.69, 9.17) is 4.74 Å². The van der Waals surface area contributed by atoms with Crippen molar-refractivity contribution in [3.63, 3.8) is 0 Å². The summed E-state index contributed by atoms with van der Waals surface area (Å²) in [4.78, 5) is 34.0. The van der Waals surface area contributed by atoms with Crippen LogP contribution >= 0.6 is 0 Å². The van der Waals surface area contributed by atoms with E-state index < -0.39 is 0 Å². The molecular weight excluding hydrogens is 466 g/mol. The van der Waals surface area contributed by atoms with Crippen LogP contribution < -0.4 is 4.74 Å². The van der Waals surface area contributed by atoms with E-state index in [0.717, 1.165) is 23.7 Å². The summed E-state index contributed by atoms with van der Waals surface area (Å²) in [6, 6.07) is 13.1. The van der Waals surface area contributed by atoms with Gasteiger partial charge in [-0.1, -0.05) is 44.2 Å². The Kier molecular flexibility index (Phi) is 8.13. The Morgan fingerprint density at radius 1 is 0.946 bits per heavy atom. The molecule has 3 aromatic rings. The zero-order valence-corrected chi connectivity index (χ0v) is 21.3. The van der Waals surface area contributed by atoms with Crippen molar-refractivity contribution in [3.05, 3.63) is 72.2 Å². The van der Waals surface area contributed by atoms with Gasteiger partial charge in [0, 0.05) is 50.3 Å². The summed E-state index contributed by atoms with van der Waals surface area (Å²) < 4.78 is 7.67. The van der Waals surface area contributed by atoms with Crippen molar-refractivity contribution in [2.24, 2.45) is 5.92 Å². The summed E-state index contributed by atoms with van der Waals surface area (Å²) in [6.07, 6.45) is 13.3. The molecule has 37 heavy (non-hydrogen) atoms. The maximum Gasteiger partial charge on any atom is 0.254 e. The Hall–Kier alpha value is -3.68. The second-order valence-corrected chi connectivity index (χ2v) is 9.99. The van der Waals surface area contributed by atoms with Crippen molar-refractivity contribution in [1.29, 1.82) is 0 Å². The van der Waals surface area contributed by atoms with Crippen LogP contribution in [0.1, 0.15) is 54.4 Å². The lowest BCUT2D eigenvalue weighted by atomic mass is 9.87. The number of rotatable bonds is 8. The molecule has 0 radical (unpaired) electrons. The molecule has 1 aliphatic heterocycles. The molecule has 5 rings (SSSR count). The molecule has 1 aliphatic carbocycles. The summed E-state index contributed by atoms with van der Waals surface area (Å²) in [6.45, 7) is 2.80. The van der Waals surface area contributed by atoms with Crippen molar-refractivity contribution in [1.82, 2.24) is 24.6 Å². The zero-order chi connectivity index (χ0) is 25.5. The van der Waals surface area contributed by atoms with Crippen LogP contribution in [0.3, 0.4) is 0 Å². The summed E-state index contributed by atoms with van der Waals surface area (Å²) in [5.74, 6) is 2.28. The van der Waals surface area contributed by atoms with Gasteiger partial charge in [-0.15, -0.1) is 0 Å². The van der Waals surface area contributed by atoms with Crippen LogP contribution in [-0.2, 0) is 11.2 Å². The topological polar surface area (TPSA) is 80.6 Å². The van der Waals surface area contributed by atoms with E-state index in [-0.39, 0.29) is 11.8 Å². The lowest BCUT2D eigenvalue weighted by molar-refractivity contribution is -0.131. The Labute approximate surface area is 218 Å². The summed E-state index contributed by atoms with van der Waals surface area (Å²) in [5.41, 5.74) is 1.50. The number of ether oxygens (including phenoxy) is 1. The van der Waals surface area contributed by atoms with Crippen LogP contribution in [0.5, 0.6) is 5.75 Å². The summed E-state index contributed by atoms with van der Waals surface area (Å²) in [7, 11) is 0. The van der Waals surface area contributed by atoms with Gasteiger partial charge in [0.25, 0.3) is 5.91 Å². The third-order valence-electron chi connectivity index (χ3n) is 7.42. The fourth-order valence-electron chi connectivity index (χ4n) is 5.23. The van der Waals surface area contributed by atoms with Crippen molar-refractivity contribution in [2.45, 2.75) is 44.9 Å². The van der Waals surface area contributed by atoms with Crippen LogP contribution in [0.2, 0.25) is 0 Å². The van der Waals surface area contributed by atoms with Gasteiger partial charge in [0.05, 0.1) is 13.0 Å². The third-order valence-corrected chi connectivity index (χ3v) is 7.42. The van der Waals surface area contributed by atoms with Crippen LogP contribution in [0, 0.1) is 5.92 Å². The van der Waals surface area contributed by atoms with Gasteiger partial charge in [0.15, 0.2) is 5.82 Å². The van der Waals surface area contributed by atoms with Gasteiger partial charge in [-0.25, -0.2) is 9.67 Å². The van der Waals surface area contributed by atoms with Crippen LogP contribution in [0.25, 0.3) is 5.82 Å². The normalized spacial score (nSPS) is 16.5. The van der Waals surface area contributed by atoms with Gasteiger partial charge in [-0.3, -0.25) is 9.59 Å². The Morgan fingerprint density at radius 2 is 1.76 bits per heavy atom. The van der Waals surface area contributed by atoms with E-state index >= 15 is 0 Å². The highest BCUT2D eigenvalue weighted by atomic mass is 16.5. The molecule has 0 bridgehead atoms. The molecule has 8 nitrogen and oxygen atoms in total. The molecule has 0 unspecified atom stereocenters. The van der Waals surface area contributed by atoms with Gasteiger partial charge in [-0.2, -0.15) is 5.10 Å². The predicted octanol–water partition coefficient (Wildman–Crippen LogP) is 4.14. The summed E-state index contributed by atoms with van der Waals surface area (Å²) >= 11 is 0. The number of carbonyl (C=O) groups excluding carboxylic acids is 2. The molecule has 3 heterocycles. The van der Waals surface area contributed by atoms with Crippen molar-refractivity contribution in [3.8, 4) is 11.6 Å². The highest BCUT2D eigenvalue weighted by molar-refractivity contribution is 5.94. The van der Waals surface area contributed by atoms with Crippen LogP contribution in [0.4, 0.5) is 0 Å². The third kappa shape index (κ3) is 6.56. The molecule has 2 aromatic heterocycles. The largest absolute Gasteiger partial charge is 0.494 e. The fraction of sp³-hybridized carbons (Fsp3) is 0.448. The minimum absolute atomic E-state index is 0.0109. The number of hydrogen-bond donors (Lipinski definition) is 0. The minimum atomic E-state index is -0.0109. The Morgan fingerprint density at radius 3 is 2.49 bits per heavy atom. The first-order valence-electron chi connectivity index (χ1n) is 13.4. The molecule has 194 valence electrons. The maximum atomic E-state index is 13.1. The highest BCUT2D eigenvalue weighted by Gasteiger charge is 2.25. The standard InChI is InChI=1S/C29H35N5O3/c35-28(20-24-10-11-27(30-22-24)34-14-5-13-31-34)32-15-17-33(18-16-32)29(36)25-8-4-9-26(21-25)37-19-12-23-6-2-1-3-7-23/h4-5,8-11,13-14,21-23H,1-3,6-7,12,15-20H2. The van der Waals surface area contributed by atoms with Gasteiger partial charge in [-0.05, 0) is 48.2 Å². The molecular formula is C29H35N5O3. The zero-order valence-electron chi connectivity index (χ0n) is 21.3. The van der Waals surface area contributed by atoms with Gasteiger partial charge in [0.2, 0.25) is 5.91 Å². The number of benzene rings is 1. The lowest BCUT2D eigenvalue weighted by Gasteiger charge is -2.35.